The normalized spacial score (nSPS) is 26.6. The first kappa shape index (κ1) is 13.7. The molecule has 2 unspecified atom stereocenters. The number of amides is 1. The quantitative estimate of drug-likeness (QED) is 0.865. The second-order valence-electron chi connectivity index (χ2n) is 5.76. The fraction of sp³-hybridized carbons (Fsp3) is 0.533. The number of hydrogen-bond acceptors (Lipinski definition) is 3. The maximum atomic E-state index is 12.7. The van der Waals surface area contributed by atoms with Gasteiger partial charge >= 0.3 is 0 Å². The molecule has 4 nitrogen and oxygen atoms in total. The molecule has 20 heavy (non-hydrogen) atoms. The summed E-state index contributed by atoms with van der Waals surface area (Å²) in [6.07, 6.45) is 2.37. The summed E-state index contributed by atoms with van der Waals surface area (Å²) >= 11 is 6.10. The average molecular weight is 295 g/mol. The Hall–Kier alpha value is -1.26. The van der Waals surface area contributed by atoms with Crippen LogP contribution < -0.4 is 0 Å². The van der Waals surface area contributed by atoms with E-state index in [1.165, 1.54) is 18.6 Å². The van der Waals surface area contributed by atoms with Crippen molar-refractivity contribution in [2.24, 2.45) is 0 Å². The maximum absolute atomic E-state index is 12.7. The Morgan fingerprint density at radius 2 is 2.20 bits per heavy atom. The molecule has 2 fully saturated rings. The Labute approximate surface area is 123 Å². The summed E-state index contributed by atoms with van der Waals surface area (Å²) in [5.41, 5.74) is 0.393. The van der Waals surface area contributed by atoms with E-state index in [4.69, 9.17) is 11.6 Å². The Balaban J connectivity index is 1.84. The average Bonchev–Trinajstić information content (AvgIpc) is 2.87. The van der Waals surface area contributed by atoms with E-state index in [1.807, 2.05) is 4.90 Å². The summed E-state index contributed by atoms with van der Waals surface area (Å²) < 4.78 is 0. The lowest BCUT2D eigenvalue weighted by Gasteiger charge is -2.42. The minimum atomic E-state index is -0.0787. The van der Waals surface area contributed by atoms with E-state index in [1.54, 1.807) is 6.07 Å². The molecular weight excluding hydrogens is 276 g/mol. The zero-order valence-corrected chi connectivity index (χ0v) is 12.3. The number of aromatic hydroxyl groups is 1. The van der Waals surface area contributed by atoms with Crippen LogP contribution in [0, 0.1) is 0 Å². The van der Waals surface area contributed by atoms with Gasteiger partial charge in [0, 0.05) is 25.2 Å². The zero-order valence-electron chi connectivity index (χ0n) is 11.6. The van der Waals surface area contributed by atoms with Crippen molar-refractivity contribution in [2.45, 2.75) is 31.8 Å². The highest BCUT2D eigenvalue weighted by molar-refractivity contribution is 6.33. The van der Waals surface area contributed by atoms with Gasteiger partial charge in [-0.1, -0.05) is 11.6 Å². The van der Waals surface area contributed by atoms with Crippen LogP contribution in [0.15, 0.2) is 18.2 Å². The number of piperazine rings is 1. The van der Waals surface area contributed by atoms with Crippen LogP contribution in [0.25, 0.3) is 0 Å². The van der Waals surface area contributed by atoms with E-state index in [0.717, 1.165) is 26.1 Å². The van der Waals surface area contributed by atoms with Crippen molar-refractivity contribution in [3.63, 3.8) is 0 Å². The molecule has 2 atom stereocenters. The van der Waals surface area contributed by atoms with Crippen LogP contribution in [-0.2, 0) is 0 Å². The summed E-state index contributed by atoms with van der Waals surface area (Å²) in [6, 6.07) is 5.18. The van der Waals surface area contributed by atoms with E-state index >= 15 is 0 Å². The minimum Gasteiger partial charge on any atom is -0.508 e. The standard InChI is InChI=1S/C15H19ClN2O2/c1-10-8-17-6-2-3-11(17)9-18(10)15(20)13-7-12(19)4-5-14(13)16/h4-5,7,10-11,19H,2-3,6,8-9H2,1H3. The molecule has 0 aliphatic carbocycles. The monoisotopic (exact) mass is 294 g/mol. The van der Waals surface area contributed by atoms with Gasteiger partial charge in [0.15, 0.2) is 0 Å². The number of fused-ring (bicyclic) bond motifs is 1. The third-order valence-electron chi connectivity index (χ3n) is 4.38. The van der Waals surface area contributed by atoms with Crippen molar-refractivity contribution in [1.82, 2.24) is 9.80 Å². The van der Waals surface area contributed by atoms with Crippen molar-refractivity contribution in [2.75, 3.05) is 19.6 Å². The van der Waals surface area contributed by atoms with Gasteiger partial charge < -0.3 is 10.0 Å². The summed E-state index contributed by atoms with van der Waals surface area (Å²) in [7, 11) is 0. The van der Waals surface area contributed by atoms with Crippen molar-refractivity contribution >= 4 is 17.5 Å². The first-order valence-corrected chi connectivity index (χ1v) is 7.47. The van der Waals surface area contributed by atoms with E-state index < -0.39 is 0 Å². The number of phenols is 1. The highest BCUT2D eigenvalue weighted by Crippen LogP contribution is 2.28. The Kier molecular flexibility index (Phi) is 3.61. The summed E-state index contributed by atoms with van der Waals surface area (Å²) in [6.45, 7) is 4.89. The first-order chi connectivity index (χ1) is 9.56. The molecule has 0 saturated carbocycles. The molecule has 2 aliphatic heterocycles. The zero-order chi connectivity index (χ0) is 14.3. The number of benzene rings is 1. The van der Waals surface area contributed by atoms with Crippen molar-refractivity contribution < 1.29 is 9.90 Å². The molecule has 108 valence electrons. The van der Waals surface area contributed by atoms with Crippen LogP contribution in [0.4, 0.5) is 0 Å². The number of phenolic OH excluding ortho intramolecular Hbond substituents is 1. The Bertz CT molecular complexity index is 535. The SMILES string of the molecule is CC1CN2CCCC2CN1C(=O)c1cc(O)ccc1Cl. The predicted molar refractivity (Wildman–Crippen MR) is 78.2 cm³/mol. The van der Waals surface area contributed by atoms with Gasteiger partial charge in [0.25, 0.3) is 5.91 Å². The van der Waals surface area contributed by atoms with E-state index in [2.05, 4.69) is 11.8 Å². The molecule has 2 saturated heterocycles. The molecular formula is C15H19ClN2O2. The number of halogens is 1. The lowest BCUT2D eigenvalue weighted by molar-refractivity contribution is 0.0395. The van der Waals surface area contributed by atoms with Crippen LogP contribution >= 0.6 is 11.6 Å². The molecule has 1 aromatic carbocycles. The van der Waals surface area contributed by atoms with Gasteiger partial charge in [0.05, 0.1) is 10.6 Å². The molecule has 1 aromatic rings. The highest BCUT2D eigenvalue weighted by atomic mass is 35.5. The van der Waals surface area contributed by atoms with Gasteiger partial charge in [0.1, 0.15) is 5.75 Å². The lowest BCUT2D eigenvalue weighted by atomic mass is 10.1. The molecule has 2 heterocycles. The summed E-state index contributed by atoms with van der Waals surface area (Å²) in [5.74, 6) is -0.00476. The van der Waals surface area contributed by atoms with E-state index in [-0.39, 0.29) is 17.7 Å². The molecule has 5 heteroatoms. The van der Waals surface area contributed by atoms with Crippen molar-refractivity contribution in [1.29, 1.82) is 0 Å². The molecule has 0 bridgehead atoms. The fourth-order valence-electron chi connectivity index (χ4n) is 3.30. The van der Waals surface area contributed by atoms with Crippen molar-refractivity contribution in [3.8, 4) is 5.75 Å². The number of carbonyl (C=O) groups excluding carboxylic acids is 1. The largest absolute Gasteiger partial charge is 0.508 e. The summed E-state index contributed by atoms with van der Waals surface area (Å²) in [5, 5.41) is 9.96. The van der Waals surface area contributed by atoms with Gasteiger partial charge in [-0.05, 0) is 44.5 Å². The third kappa shape index (κ3) is 2.38. The molecule has 2 aliphatic rings. The van der Waals surface area contributed by atoms with Crippen LogP contribution in [-0.4, -0.2) is 52.5 Å². The topological polar surface area (TPSA) is 43.8 Å². The molecule has 1 amide bonds. The predicted octanol–water partition coefficient (Wildman–Crippen LogP) is 2.35. The molecule has 0 radical (unpaired) electrons. The number of rotatable bonds is 1. The second-order valence-corrected chi connectivity index (χ2v) is 6.17. The summed E-state index contributed by atoms with van der Waals surface area (Å²) in [4.78, 5) is 17.1. The van der Waals surface area contributed by atoms with Crippen LogP contribution in [0.2, 0.25) is 5.02 Å². The van der Waals surface area contributed by atoms with E-state index in [0.29, 0.717) is 16.6 Å². The number of nitrogens with zero attached hydrogens (tertiary/aromatic N) is 2. The van der Waals surface area contributed by atoms with Gasteiger partial charge in [0.2, 0.25) is 0 Å². The Morgan fingerprint density at radius 3 is 3.00 bits per heavy atom. The fourth-order valence-corrected chi connectivity index (χ4v) is 3.50. The van der Waals surface area contributed by atoms with Crippen LogP contribution in [0.3, 0.4) is 0 Å². The molecule has 3 rings (SSSR count). The molecule has 0 spiro atoms. The van der Waals surface area contributed by atoms with Crippen LogP contribution in [0.5, 0.6) is 5.75 Å². The van der Waals surface area contributed by atoms with Gasteiger partial charge in [-0.25, -0.2) is 0 Å². The first-order valence-electron chi connectivity index (χ1n) is 7.10. The Morgan fingerprint density at radius 1 is 1.40 bits per heavy atom. The van der Waals surface area contributed by atoms with Crippen molar-refractivity contribution in [3.05, 3.63) is 28.8 Å². The minimum absolute atomic E-state index is 0.0740. The number of hydrogen-bond donors (Lipinski definition) is 1. The lowest BCUT2D eigenvalue weighted by Crippen LogP contribution is -2.56. The molecule has 1 N–H and O–H groups in total. The number of carbonyl (C=O) groups is 1. The van der Waals surface area contributed by atoms with E-state index in [9.17, 15) is 9.90 Å². The van der Waals surface area contributed by atoms with Gasteiger partial charge in [-0.3, -0.25) is 9.69 Å². The third-order valence-corrected chi connectivity index (χ3v) is 4.71. The highest BCUT2D eigenvalue weighted by Gasteiger charge is 2.37. The van der Waals surface area contributed by atoms with Gasteiger partial charge in [-0.15, -0.1) is 0 Å². The second kappa shape index (κ2) is 5.26. The van der Waals surface area contributed by atoms with Crippen LogP contribution in [0.1, 0.15) is 30.1 Å². The molecule has 0 aromatic heterocycles. The van der Waals surface area contributed by atoms with Gasteiger partial charge in [-0.2, -0.15) is 0 Å². The maximum Gasteiger partial charge on any atom is 0.255 e. The smallest absolute Gasteiger partial charge is 0.255 e.